The number of hydrogen-bond acceptors (Lipinski definition) is 6. The Balaban J connectivity index is 0.00000120. The van der Waals surface area contributed by atoms with Crippen molar-refractivity contribution in [1.82, 2.24) is 20.2 Å². The summed E-state index contributed by atoms with van der Waals surface area (Å²) < 4.78 is 5.81. The van der Waals surface area contributed by atoms with E-state index < -0.39 is 0 Å². The van der Waals surface area contributed by atoms with E-state index in [1.807, 2.05) is 23.6 Å². The number of nitrogens with one attached hydrogen (secondary N) is 1. The predicted molar refractivity (Wildman–Crippen MR) is 119 cm³/mol. The van der Waals surface area contributed by atoms with Gasteiger partial charge in [-0.05, 0) is 44.9 Å². The van der Waals surface area contributed by atoms with Crippen LogP contribution in [0.25, 0.3) is 22.7 Å². The quantitative estimate of drug-likeness (QED) is 0.628. The van der Waals surface area contributed by atoms with Crippen molar-refractivity contribution in [3.63, 3.8) is 0 Å². The van der Waals surface area contributed by atoms with E-state index in [2.05, 4.69) is 27.2 Å². The minimum absolute atomic E-state index is 0. The number of aromatic nitrogens is 2. The largest absolute Gasteiger partial charge is 0.435 e. The van der Waals surface area contributed by atoms with Crippen molar-refractivity contribution in [1.29, 1.82) is 0 Å². The smallest absolute Gasteiger partial charge is 0.253 e. The van der Waals surface area contributed by atoms with E-state index in [0.717, 1.165) is 12.8 Å². The molecule has 6 nitrogen and oxygen atoms in total. The number of nitrogens with zero attached hydrogens (tertiary/aromatic N) is 3. The maximum atomic E-state index is 13.0. The molecule has 2 bridgehead atoms. The first-order chi connectivity index (χ1) is 13.2. The first kappa shape index (κ1) is 22.0. The van der Waals surface area contributed by atoms with Crippen molar-refractivity contribution in [2.24, 2.45) is 0 Å². The van der Waals surface area contributed by atoms with Crippen molar-refractivity contribution in [2.45, 2.75) is 50.2 Å². The second kappa shape index (κ2) is 9.00. The van der Waals surface area contributed by atoms with Crippen LogP contribution in [0.4, 0.5) is 0 Å². The van der Waals surface area contributed by atoms with Gasteiger partial charge in [-0.2, -0.15) is 0 Å². The molecule has 1 aromatic carbocycles. The molecule has 0 radical (unpaired) electrons. The van der Waals surface area contributed by atoms with E-state index >= 15 is 0 Å². The minimum Gasteiger partial charge on any atom is -0.435 e. The van der Waals surface area contributed by atoms with Crippen LogP contribution < -0.4 is 5.32 Å². The number of carbonyl (C=O) groups is 1. The number of rotatable bonds is 3. The maximum Gasteiger partial charge on any atom is 0.253 e. The SMILES string of the molecule is CN1C2CCCC1CC(NC(=O)c1cccc3oc(-c4cscn4)nc13)C2.Cl.Cl. The van der Waals surface area contributed by atoms with Crippen LogP contribution in [0.1, 0.15) is 42.5 Å². The van der Waals surface area contributed by atoms with Crippen LogP contribution in [0.15, 0.2) is 33.5 Å². The zero-order valence-electron chi connectivity index (χ0n) is 16.0. The highest BCUT2D eigenvalue weighted by Gasteiger charge is 2.36. The molecule has 156 valence electrons. The molecule has 0 aliphatic carbocycles. The molecule has 3 aromatic rings. The monoisotopic (exact) mass is 454 g/mol. The Labute approximate surface area is 185 Å². The summed E-state index contributed by atoms with van der Waals surface area (Å²) in [5.74, 6) is 0.395. The summed E-state index contributed by atoms with van der Waals surface area (Å²) in [7, 11) is 2.22. The van der Waals surface area contributed by atoms with E-state index in [1.165, 1.54) is 30.6 Å². The number of fused-ring (bicyclic) bond motifs is 3. The highest BCUT2D eigenvalue weighted by atomic mass is 35.5. The molecule has 9 heteroatoms. The van der Waals surface area contributed by atoms with Gasteiger partial charge in [0.25, 0.3) is 5.91 Å². The number of amides is 1. The van der Waals surface area contributed by atoms with Crippen molar-refractivity contribution >= 4 is 53.2 Å². The van der Waals surface area contributed by atoms with Gasteiger partial charge in [0.15, 0.2) is 5.58 Å². The fourth-order valence-electron chi connectivity index (χ4n) is 4.56. The summed E-state index contributed by atoms with van der Waals surface area (Å²) in [4.78, 5) is 24.3. The Bertz CT molecular complexity index is 964. The summed E-state index contributed by atoms with van der Waals surface area (Å²) >= 11 is 1.49. The van der Waals surface area contributed by atoms with Crippen LogP contribution in [0.3, 0.4) is 0 Å². The Morgan fingerprint density at radius 2 is 2.00 bits per heavy atom. The molecule has 29 heavy (non-hydrogen) atoms. The molecular weight excluding hydrogens is 431 g/mol. The molecule has 2 atom stereocenters. The third kappa shape index (κ3) is 4.14. The third-order valence-electron chi connectivity index (χ3n) is 5.99. The lowest BCUT2D eigenvalue weighted by molar-refractivity contribution is 0.0463. The number of thiazole rings is 1. The first-order valence-corrected chi connectivity index (χ1v) is 10.4. The fraction of sp³-hybridized carbons (Fsp3) is 0.450. The lowest BCUT2D eigenvalue weighted by Gasteiger charge is -2.47. The molecule has 2 aliphatic rings. The molecule has 0 saturated carbocycles. The molecule has 2 fully saturated rings. The van der Waals surface area contributed by atoms with Crippen LogP contribution >= 0.6 is 36.2 Å². The number of oxazole rings is 1. The number of benzene rings is 1. The number of para-hydroxylation sites is 1. The van der Waals surface area contributed by atoms with Crippen molar-refractivity contribution < 1.29 is 9.21 Å². The number of halogens is 2. The van der Waals surface area contributed by atoms with Crippen LogP contribution in [-0.4, -0.2) is 45.9 Å². The summed E-state index contributed by atoms with van der Waals surface area (Å²) in [5.41, 5.74) is 4.24. The van der Waals surface area contributed by atoms with Crippen LogP contribution in [-0.2, 0) is 0 Å². The Morgan fingerprint density at radius 3 is 2.69 bits per heavy atom. The molecule has 1 amide bonds. The number of carbonyl (C=O) groups excluding carboxylic acids is 1. The molecule has 5 rings (SSSR count). The van der Waals surface area contributed by atoms with Gasteiger partial charge >= 0.3 is 0 Å². The number of hydrogen-bond donors (Lipinski definition) is 1. The van der Waals surface area contributed by atoms with Gasteiger partial charge in [-0.3, -0.25) is 4.79 Å². The van der Waals surface area contributed by atoms with E-state index in [-0.39, 0.29) is 36.8 Å². The molecule has 2 saturated heterocycles. The van der Waals surface area contributed by atoms with Gasteiger partial charge in [0.2, 0.25) is 5.89 Å². The molecule has 0 spiro atoms. The van der Waals surface area contributed by atoms with Crippen LogP contribution in [0, 0.1) is 0 Å². The zero-order chi connectivity index (χ0) is 18.4. The standard InChI is InChI=1S/C20H22N4O2S.2ClH/c1-24-13-4-2-5-14(24)9-12(8-13)22-19(25)15-6-3-7-17-18(15)23-20(26-17)16-10-27-11-21-16;;/h3,6-7,10-14H,2,4-5,8-9H2,1H3,(H,22,25);2*1H. The van der Waals surface area contributed by atoms with Crippen molar-refractivity contribution in [3.8, 4) is 11.6 Å². The normalized spacial score (nSPS) is 23.8. The topological polar surface area (TPSA) is 71.3 Å². The second-order valence-electron chi connectivity index (χ2n) is 7.59. The van der Waals surface area contributed by atoms with Gasteiger partial charge < -0.3 is 14.6 Å². The lowest BCUT2D eigenvalue weighted by atomic mass is 9.82. The maximum absolute atomic E-state index is 13.0. The third-order valence-corrected chi connectivity index (χ3v) is 6.58. The van der Waals surface area contributed by atoms with E-state index in [9.17, 15) is 4.79 Å². The summed E-state index contributed by atoms with van der Waals surface area (Å²) in [6, 6.07) is 6.90. The molecular formula is C20H24Cl2N4O2S. The highest BCUT2D eigenvalue weighted by molar-refractivity contribution is 7.07. The van der Waals surface area contributed by atoms with Crippen molar-refractivity contribution in [2.75, 3.05) is 7.05 Å². The predicted octanol–water partition coefficient (Wildman–Crippen LogP) is 4.54. The Morgan fingerprint density at radius 1 is 1.24 bits per heavy atom. The number of piperidine rings is 2. The average molecular weight is 455 g/mol. The van der Waals surface area contributed by atoms with Gasteiger partial charge in [0, 0.05) is 23.5 Å². The fourth-order valence-corrected chi connectivity index (χ4v) is 5.08. The van der Waals surface area contributed by atoms with Crippen molar-refractivity contribution in [3.05, 3.63) is 34.7 Å². The average Bonchev–Trinajstić information content (AvgIpc) is 3.31. The van der Waals surface area contributed by atoms with E-state index in [1.54, 1.807) is 5.51 Å². The molecule has 4 heterocycles. The van der Waals surface area contributed by atoms with Gasteiger partial charge in [0.1, 0.15) is 11.2 Å². The highest BCUT2D eigenvalue weighted by Crippen LogP contribution is 2.33. The van der Waals surface area contributed by atoms with Gasteiger partial charge in [0.05, 0.1) is 11.1 Å². The molecule has 2 aromatic heterocycles. The molecule has 2 unspecified atom stereocenters. The van der Waals surface area contributed by atoms with E-state index in [4.69, 9.17) is 4.42 Å². The minimum atomic E-state index is -0.0636. The molecule has 1 N–H and O–H groups in total. The van der Waals surface area contributed by atoms with E-state index in [0.29, 0.717) is 40.3 Å². The summed E-state index contributed by atoms with van der Waals surface area (Å²) in [6.45, 7) is 0. The summed E-state index contributed by atoms with van der Waals surface area (Å²) in [5, 5.41) is 5.15. The van der Waals surface area contributed by atoms with Gasteiger partial charge in [-0.25, -0.2) is 9.97 Å². The van der Waals surface area contributed by atoms with Crippen LogP contribution in [0.5, 0.6) is 0 Å². The van der Waals surface area contributed by atoms with Crippen LogP contribution in [0.2, 0.25) is 0 Å². The molecule has 2 aliphatic heterocycles. The second-order valence-corrected chi connectivity index (χ2v) is 8.31. The zero-order valence-corrected chi connectivity index (χ0v) is 18.5. The Kier molecular flexibility index (Phi) is 6.83. The first-order valence-electron chi connectivity index (χ1n) is 9.50. The van der Waals surface area contributed by atoms with Gasteiger partial charge in [-0.15, -0.1) is 36.2 Å². The summed E-state index contributed by atoms with van der Waals surface area (Å²) in [6.07, 6.45) is 5.82. The van der Waals surface area contributed by atoms with Gasteiger partial charge in [-0.1, -0.05) is 12.5 Å². The lowest BCUT2D eigenvalue weighted by Crippen LogP contribution is -2.55. The Hall–Kier alpha value is -1.67.